The summed E-state index contributed by atoms with van der Waals surface area (Å²) in [5.41, 5.74) is 7.77. The topological polar surface area (TPSA) is 78.7 Å². The monoisotopic (exact) mass is 290 g/mol. The summed E-state index contributed by atoms with van der Waals surface area (Å²) < 4.78 is 0. The third-order valence-electron chi connectivity index (χ3n) is 3.77. The molecule has 1 aliphatic rings. The molecule has 0 bridgehead atoms. The highest BCUT2D eigenvalue weighted by Gasteiger charge is 2.32. The summed E-state index contributed by atoms with van der Waals surface area (Å²) >= 11 is 0. The molecule has 1 unspecified atom stereocenters. The van der Waals surface area contributed by atoms with Gasteiger partial charge in [0.2, 0.25) is 5.91 Å². The van der Waals surface area contributed by atoms with Crippen molar-refractivity contribution in [2.45, 2.75) is 18.9 Å². The Morgan fingerprint density at radius 3 is 2.71 bits per heavy atom. The molecule has 3 N–H and O–H groups in total. The number of carbonyl (C=O) groups excluding carboxylic acids is 2. The van der Waals surface area contributed by atoms with Crippen LogP contribution < -0.4 is 16.0 Å². The van der Waals surface area contributed by atoms with Crippen molar-refractivity contribution in [3.05, 3.63) is 23.8 Å². The zero-order valence-electron chi connectivity index (χ0n) is 12.7. The Balaban J connectivity index is 2.44. The number of nitrogen functional groups attached to an aromatic ring is 1. The zero-order valence-corrected chi connectivity index (χ0v) is 12.7. The van der Waals surface area contributed by atoms with Gasteiger partial charge in [-0.3, -0.25) is 9.59 Å². The Labute approximate surface area is 124 Å². The number of benzene rings is 1. The molecule has 2 rings (SSSR count). The van der Waals surface area contributed by atoms with Crippen molar-refractivity contribution in [1.82, 2.24) is 10.2 Å². The van der Waals surface area contributed by atoms with E-state index in [2.05, 4.69) is 5.32 Å². The molecule has 2 amide bonds. The van der Waals surface area contributed by atoms with E-state index < -0.39 is 0 Å². The summed E-state index contributed by atoms with van der Waals surface area (Å²) in [4.78, 5) is 27.9. The molecule has 6 heteroatoms. The molecule has 0 aliphatic carbocycles. The molecule has 1 fully saturated rings. The number of rotatable bonds is 3. The molecule has 1 aliphatic heterocycles. The third-order valence-corrected chi connectivity index (χ3v) is 3.77. The highest BCUT2D eigenvalue weighted by molar-refractivity contribution is 6.01. The van der Waals surface area contributed by atoms with Crippen LogP contribution in [0.25, 0.3) is 0 Å². The second kappa shape index (κ2) is 6.03. The van der Waals surface area contributed by atoms with Crippen LogP contribution in [0.15, 0.2) is 18.2 Å². The number of nitrogens with one attached hydrogen (secondary N) is 1. The maximum Gasteiger partial charge on any atom is 0.255 e. The van der Waals surface area contributed by atoms with Gasteiger partial charge in [-0.25, -0.2) is 0 Å². The predicted octanol–water partition coefficient (Wildman–Crippen LogP) is 0.685. The molecule has 0 radical (unpaired) electrons. The van der Waals surface area contributed by atoms with Gasteiger partial charge in [0.25, 0.3) is 5.91 Å². The first-order chi connectivity index (χ1) is 9.95. The first-order valence-corrected chi connectivity index (χ1v) is 7.05. The standard InChI is InChI=1S/C15H22N4O2/c1-17-14(20)12-5-4-8-19(12)13-9-10(16)6-7-11(13)15(21)18(2)3/h6-7,9,12H,4-5,8,16H2,1-3H3,(H,17,20). The lowest BCUT2D eigenvalue weighted by atomic mass is 10.1. The molecule has 1 aromatic carbocycles. The maximum atomic E-state index is 12.3. The van der Waals surface area contributed by atoms with Crippen LogP contribution >= 0.6 is 0 Å². The van der Waals surface area contributed by atoms with Crippen molar-refractivity contribution in [3.63, 3.8) is 0 Å². The van der Waals surface area contributed by atoms with Gasteiger partial charge in [-0.05, 0) is 31.0 Å². The van der Waals surface area contributed by atoms with Gasteiger partial charge in [0.1, 0.15) is 6.04 Å². The van der Waals surface area contributed by atoms with Crippen LogP contribution in [-0.4, -0.2) is 50.4 Å². The van der Waals surface area contributed by atoms with Crippen LogP contribution in [-0.2, 0) is 4.79 Å². The predicted molar refractivity (Wildman–Crippen MR) is 83.3 cm³/mol. The van der Waals surface area contributed by atoms with Gasteiger partial charge in [-0.1, -0.05) is 0 Å². The number of likely N-dealkylation sites (N-methyl/N-ethyl adjacent to an activating group) is 1. The van der Waals surface area contributed by atoms with Gasteiger partial charge in [0.15, 0.2) is 0 Å². The molecule has 21 heavy (non-hydrogen) atoms. The first kappa shape index (κ1) is 15.2. The van der Waals surface area contributed by atoms with Crippen LogP contribution in [0.5, 0.6) is 0 Å². The smallest absolute Gasteiger partial charge is 0.255 e. The van der Waals surface area contributed by atoms with Crippen LogP contribution in [0.3, 0.4) is 0 Å². The van der Waals surface area contributed by atoms with Crippen molar-refractivity contribution in [1.29, 1.82) is 0 Å². The number of hydrogen-bond acceptors (Lipinski definition) is 4. The molecular formula is C15H22N4O2. The van der Waals surface area contributed by atoms with E-state index in [0.29, 0.717) is 11.3 Å². The second-order valence-corrected chi connectivity index (χ2v) is 5.44. The van der Waals surface area contributed by atoms with Gasteiger partial charge < -0.3 is 20.9 Å². The SMILES string of the molecule is CNC(=O)C1CCCN1c1cc(N)ccc1C(=O)N(C)C. The van der Waals surface area contributed by atoms with E-state index in [1.807, 2.05) is 4.90 Å². The van der Waals surface area contributed by atoms with E-state index in [4.69, 9.17) is 5.73 Å². The minimum absolute atomic E-state index is 0.0295. The van der Waals surface area contributed by atoms with Crippen LogP contribution in [0, 0.1) is 0 Å². The molecule has 1 saturated heterocycles. The second-order valence-electron chi connectivity index (χ2n) is 5.44. The van der Waals surface area contributed by atoms with Crippen molar-refractivity contribution >= 4 is 23.2 Å². The van der Waals surface area contributed by atoms with Crippen molar-refractivity contribution < 1.29 is 9.59 Å². The minimum atomic E-state index is -0.245. The Morgan fingerprint density at radius 1 is 1.38 bits per heavy atom. The van der Waals surface area contributed by atoms with Gasteiger partial charge in [0.05, 0.1) is 11.3 Å². The number of anilines is 2. The van der Waals surface area contributed by atoms with Crippen molar-refractivity contribution in [2.24, 2.45) is 0 Å². The average molecular weight is 290 g/mol. The van der Waals surface area contributed by atoms with Crippen molar-refractivity contribution in [3.8, 4) is 0 Å². The number of carbonyl (C=O) groups is 2. The summed E-state index contributed by atoms with van der Waals surface area (Å²) in [7, 11) is 5.05. The fourth-order valence-electron chi connectivity index (χ4n) is 2.70. The van der Waals surface area contributed by atoms with Gasteiger partial charge in [-0.2, -0.15) is 0 Å². The Morgan fingerprint density at radius 2 is 2.10 bits per heavy atom. The summed E-state index contributed by atoms with van der Waals surface area (Å²) in [5, 5.41) is 2.69. The fourth-order valence-corrected chi connectivity index (χ4v) is 2.70. The van der Waals surface area contributed by atoms with Crippen molar-refractivity contribution in [2.75, 3.05) is 38.3 Å². The van der Waals surface area contributed by atoms with Crippen LogP contribution in [0.2, 0.25) is 0 Å². The van der Waals surface area contributed by atoms with E-state index in [1.165, 1.54) is 4.90 Å². The number of amides is 2. The Bertz CT molecular complexity index is 557. The minimum Gasteiger partial charge on any atom is -0.399 e. The van der Waals surface area contributed by atoms with E-state index in [0.717, 1.165) is 25.1 Å². The molecule has 1 aromatic rings. The van der Waals surface area contributed by atoms with Gasteiger partial charge in [-0.15, -0.1) is 0 Å². The zero-order chi connectivity index (χ0) is 15.6. The Hall–Kier alpha value is -2.24. The van der Waals surface area contributed by atoms with Gasteiger partial charge >= 0.3 is 0 Å². The maximum absolute atomic E-state index is 12.3. The first-order valence-electron chi connectivity index (χ1n) is 7.05. The molecule has 0 spiro atoms. The average Bonchev–Trinajstić information content (AvgIpc) is 2.94. The summed E-state index contributed by atoms with van der Waals surface area (Å²) in [6, 6.07) is 4.97. The van der Waals surface area contributed by atoms with Crippen LogP contribution in [0.4, 0.5) is 11.4 Å². The van der Waals surface area contributed by atoms with E-state index in [9.17, 15) is 9.59 Å². The van der Waals surface area contributed by atoms with Gasteiger partial charge in [0, 0.05) is 33.4 Å². The normalized spacial score (nSPS) is 17.7. The molecule has 1 heterocycles. The summed E-state index contributed by atoms with van der Waals surface area (Å²) in [6.07, 6.45) is 1.70. The summed E-state index contributed by atoms with van der Waals surface area (Å²) in [6.45, 7) is 0.745. The van der Waals surface area contributed by atoms with E-state index >= 15 is 0 Å². The lowest BCUT2D eigenvalue weighted by molar-refractivity contribution is -0.121. The number of nitrogens with zero attached hydrogens (tertiary/aromatic N) is 2. The molecule has 1 atom stereocenters. The molecular weight excluding hydrogens is 268 g/mol. The fraction of sp³-hybridized carbons (Fsp3) is 0.467. The van der Waals surface area contributed by atoms with E-state index in [-0.39, 0.29) is 17.9 Å². The quantitative estimate of drug-likeness (QED) is 0.803. The molecule has 6 nitrogen and oxygen atoms in total. The highest BCUT2D eigenvalue weighted by Crippen LogP contribution is 2.31. The lowest BCUT2D eigenvalue weighted by Crippen LogP contribution is -2.42. The lowest BCUT2D eigenvalue weighted by Gasteiger charge is -2.28. The number of hydrogen-bond donors (Lipinski definition) is 2. The summed E-state index contributed by atoms with van der Waals surface area (Å²) in [5.74, 6) is -0.120. The molecule has 114 valence electrons. The Kier molecular flexibility index (Phi) is 4.35. The van der Waals surface area contributed by atoms with Crippen LogP contribution in [0.1, 0.15) is 23.2 Å². The molecule has 0 saturated carbocycles. The molecule has 0 aromatic heterocycles. The third kappa shape index (κ3) is 2.94. The number of nitrogens with two attached hydrogens (primary N) is 1. The van der Waals surface area contributed by atoms with E-state index in [1.54, 1.807) is 39.3 Å². The largest absolute Gasteiger partial charge is 0.399 e. The highest BCUT2D eigenvalue weighted by atomic mass is 16.2.